The smallest absolute Gasteiger partial charge is 0.242 e. The molecule has 3 heterocycles. The number of carbonyl (C=O) groups is 2. The average molecular weight is 425 g/mol. The van der Waals surface area contributed by atoms with E-state index in [1.54, 1.807) is 0 Å². The Labute approximate surface area is 174 Å². The molecule has 2 amide bonds. The lowest BCUT2D eigenvalue weighted by atomic mass is 9.92. The zero-order valence-corrected chi connectivity index (χ0v) is 18.0. The van der Waals surface area contributed by atoms with Crippen molar-refractivity contribution in [3.05, 3.63) is 0 Å². The van der Waals surface area contributed by atoms with Crippen molar-refractivity contribution in [3.63, 3.8) is 0 Å². The zero-order valence-electron chi connectivity index (χ0n) is 16.4. The molecule has 0 aromatic rings. The molecule has 0 unspecified atom stereocenters. The van der Waals surface area contributed by atoms with Crippen LogP contribution in [0.5, 0.6) is 0 Å². The first-order valence-corrected chi connectivity index (χ1v) is 9.64. The lowest BCUT2D eigenvalue weighted by Crippen LogP contribution is -2.57. The molecular formula is C18H34Cl2N4O3. The SMILES string of the molecule is C[C@H]1OCCN[C@@H]1C(=O)N1CCC(CC(=O)N2CCN(C)CC2)CC1.Cl.Cl. The number of piperazine rings is 1. The van der Waals surface area contributed by atoms with E-state index in [-0.39, 0.29) is 48.8 Å². The number of carbonyl (C=O) groups excluding carboxylic acids is 2. The summed E-state index contributed by atoms with van der Waals surface area (Å²) in [6, 6.07) is -0.225. The number of hydrogen-bond acceptors (Lipinski definition) is 5. The van der Waals surface area contributed by atoms with E-state index in [1.165, 1.54) is 0 Å². The van der Waals surface area contributed by atoms with E-state index in [1.807, 2.05) is 16.7 Å². The third-order valence-electron chi connectivity index (χ3n) is 5.83. The molecule has 0 aromatic heterocycles. The first kappa shape index (κ1) is 24.4. The number of nitrogens with one attached hydrogen (secondary N) is 1. The lowest BCUT2D eigenvalue weighted by molar-refractivity contribution is -0.141. The molecule has 3 rings (SSSR count). The number of halogens is 2. The molecule has 158 valence electrons. The number of nitrogens with zero attached hydrogens (tertiary/aromatic N) is 3. The van der Waals surface area contributed by atoms with Gasteiger partial charge in [0.1, 0.15) is 6.04 Å². The second-order valence-electron chi connectivity index (χ2n) is 7.66. The van der Waals surface area contributed by atoms with Crippen LogP contribution in [0.25, 0.3) is 0 Å². The molecule has 1 N–H and O–H groups in total. The van der Waals surface area contributed by atoms with Crippen molar-refractivity contribution in [1.82, 2.24) is 20.0 Å². The predicted molar refractivity (Wildman–Crippen MR) is 110 cm³/mol. The third-order valence-corrected chi connectivity index (χ3v) is 5.83. The molecule has 2 atom stereocenters. The Bertz CT molecular complexity index is 481. The first-order valence-electron chi connectivity index (χ1n) is 9.64. The standard InChI is InChI=1S/C18H32N4O3.2ClH/c1-14-17(19-5-12-25-14)18(24)22-6-3-15(4-7-22)13-16(23)21-10-8-20(2)9-11-21;;/h14-15,17,19H,3-13H2,1-2H3;2*1H/t14-,17+;;/m1../s1. The molecule has 3 aliphatic heterocycles. The summed E-state index contributed by atoms with van der Waals surface area (Å²) in [6.45, 7) is 8.49. The van der Waals surface area contributed by atoms with Crippen LogP contribution >= 0.6 is 24.8 Å². The molecule has 7 nitrogen and oxygen atoms in total. The van der Waals surface area contributed by atoms with Crippen molar-refractivity contribution >= 4 is 36.6 Å². The van der Waals surface area contributed by atoms with Crippen LogP contribution in [0.2, 0.25) is 0 Å². The number of ether oxygens (including phenoxy) is 1. The highest BCUT2D eigenvalue weighted by molar-refractivity contribution is 5.85. The molecule has 3 aliphatic rings. The fourth-order valence-corrected chi connectivity index (χ4v) is 4.00. The first-order chi connectivity index (χ1) is 12.0. The van der Waals surface area contributed by atoms with Gasteiger partial charge in [-0.2, -0.15) is 0 Å². The van der Waals surface area contributed by atoms with E-state index in [2.05, 4.69) is 17.3 Å². The molecule has 27 heavy (non-hydrogen) atoms. The number of piperidine rings is 1. The van der Waals surface area contributed by atoms with E-state index in [0.717, 1.165) is 58.7 Å². The maximum atomic E-state index is 12.7. The van der Waals surface area contributed by atoms with Gasteiger partial charge < -0.3 is 24.8 Å². The highest BCUT2D eigenvalue weighted by atomic mass is 35.5. The molecule has 0 bridgehead atoms. The topological polar surface area (TPSA) is 65.1 Å². The van der Waals surface area contributed by atoms with Crippen LogP contribution in [0.15, 0.2) is 0 Å². The number of likely N-dealkylation sites (N-methyl/N-ethyl adjacent to an activating group) is 1. The number of hydrogen-bond donors (Lipinski definition) is 1. The summed E-state index contributed by atoms with van der Waals surface area (Å²) in [5.41, 5.74) is 0. The Morgan fingerprint density at radius 3 is 2.22 bits per heavy atom. The van der Waals surface area contributed by atoms with Crippen molar-refractivity contribution in [2.45, 2.75) is 38.3 Å². The van der Waals surface area contributed by atoms with Gasteiger partial charge in [0.05, 0.1) is 12.7 Å². The van der Waals surface area contributed by atoms with Crippen molar-refractivity contribution in [1.29, 1.82) is 0 Å². The average Bonchev–Trinajstić information content (AvgIpc) is 2.63. The molecule has 3 fully saturated rings. The fraction of sp³-hybridized carbons (Fsp3) is 0.889. The molecular weight excluding hydrogens is 391 g/mol. The summed E-state index contributed by atoms with van der Waals surface area (Å²) < 4.78 is 5.59. The highest BCUT2D eigenvalue weighted by Gasteiger charge is 2.34. The summed E-state index contributed by atoms with van der Waals surface area (Å²) >= 11 is 0. The van der Waals surface area contributed by atoms with Gasteiger partial charge in [0.2, 0.25) is 11.8 Å². The van der Waals surface area contributed by atoms with Crippen LogP contribution in [-0.2, 0) is 14.3 Å². The maximum absolute atomic E-state index is 12.7. The molecule has 3 saturated heterocycles. The lowest BCUT2D eigenvalue weighted by Gasteiger charge is -2.38. The Morgan fingerprint density at radius 1 is 1.00 bits per heavy atom. The van der Waals surface area contributed by atoms with Gasteiger partial charge in [-0.25, -0.2) is 0 Å². The van der Waals surface area contributed by atoms with E-state index in [0.29, 0.717) is 18.9 Å². The number of amides is 2. The molecule has 9 heteroatoms. The van der Waals surface area contributed by atoms with Crippen LogP contribution in [0.3, 0.4) is 0 Å². The number of likely N-dealkylation sites (tertiary alicyclic amines) is 1. The van der Waals surface area contributed by atoms with Crippen LogP contribution in [-0.4, -0.2) is 98.1 Å². The Morgan fingerprint density at radius 2 is 1.63 bits per heavy atom. The summed E-state index contributed by atoms with van der Waals surface area (Å²) in [7, 11) is 2.10. The van der Waals surface area contributed by atoms with E-state index >= 15 is 0 Å². The quantitative estimate of drug-likeness (QED) is 0.718. The largest absolute Gasteiger partial charge is 0.375 e. The second-order valence-corrected chi connectivity index (χ2v) is 7.66. The van der Waals surface area contributed by atoms with Crippen molar-refractivity contribution in [2.24, 2.45) is 5.92 Å². The summed E-state index contributed by atoms with van der Waals surface area (Å²) in [4.78, 5) is 31.4. The third kappa shape index (κ3) is 6.46. The van der Waals surface area contributed by atoms with E-state index < -0.39 is 0 Å². The summed E-state index contributed by atoms with van der Waals surface area (Å²) in [6.07, 6.45) is 2.41. The monoisotopic (exact) mass is 424 g/mol. The van der Waals surface area contributed by atoms with Crippen LogP contribution < -0.4 is 5.32 Å². The van der Waals surface area contributed by atoms with Gasteiger partial charge in [0, 0.05) is 52.2 Å². The van der Waals surface area contributed by atoms with Gasteiger partial charge in [0.25, 0.3) is 0 Å². The molecule has 0 radical (unpaired) electrons. The summed E-state index contributed by atoms with van der Waals surface area (Å²) in [5.74, 6) is 0.842. The Kier molecular flexibility index (Phi) is 10.3. The molecule has 0 aliphatic carbocycles. The minimum absolute atomic E-state index is 0. The van der Waals surface area contributed by atoms with Crippen LogP contribution in [0.4, 0.5) is 0 Å². The van der Waals surface area contributed by atoms with Crippen molar-refractivity contribution in [3.8, 4) is 0 Å². The van der Waals surface area contributed by atoms with E-state index in [9.17, 15) is 9.59 Å². The van der Waals surface area contributed by atoms with Gasteiger partial charge in [-0.1, -0.05) is 0 Å². The normalized spacial score (nSPS) is 27.5. The van der Waals surface area contributed by atoms with Gasteiger partial charge in [-0.3, -0.25) is 9.59 Å². The van der Waals surface area contributed by atoms with Crippen LogP contribution in [0.1, 0.15) is 26.2 Å². The van der Waals surface area contributed by atoms with Gasteiger partial charge in [0.15, 0.2) is 0 Å². The zero-order chi connectivity index (χ0) is 17.8. The predicted octanol–water partition coefficient (Wildman–Crippen LogP) is 0.610. The molecule has 0 aromatic carbocycles. The maximum Gasteiger partial charge on any atom is 0.242 e. The van der Waals surface area contributed by atoms with Gasteiger partial charge in [-0.15, -0.1) is 24.8 Å². The Hall–Kier alpha value is -0.600. The second kappa shape index (κ2) is 11.4. The highest BCUT2D eigenvalue weighted by Crippen LogP contribution is 2.23. The fourth-order valence-electron chi connectivity index (χ4n) is 4.00. The van der Waals surface area contributed by atoms with Crippen molar-refractivity contribution < 1.29 is 14.3 Å². The van der Waals surface area contributed by atoms with Gasteiger partial charge in [-0.05, 0) is 32.7 Å². The Balaban J connectivity index is 0.00000182. The van der Waals surface area contributed by atoms with Crippen molar-refractivity contribution in [2.75, 3.05) is 59.5 Å². The summed E-state index contributed by atoms with van der Waals surface area (Å²) in [5, 5.41) is 3.27. The molecule has 0 spiro atoms. The molecule has 0 saturated carbocycles. The number of rotatable bonds is 3. The van der Waals surface area contributed by atoms with Gasteiger partial charge >= 0.3 is 0 Å². The minimum Gasteiger partial charge on any atom is -0.375 e. The van der Waals surface area contributed by atoms with E-state index in [4.69, 9.17) is 4.74 Å². The van der Waals surface area contributed by atoms with Crippen LogP contribution in [0, 0.1) is 5.92 Å². The minimum atomic E-state index is -0.225. The number of morpholine rings is 1.